The number of benzene rings is 1. The molecule has 1 amide bonds. The van der Waals surface area contributed by atoms with E-state index in [9.17, 15) is 14.4 Å². The van der Waals surface area contributed by atoms with Gasteiger partial charge in [0.05, 0.1) is 0 Å². The van der Waals surface area contributed by atoms with Crippen molar-refractivity contribution in [1.29, 1.82) is 0 Å². The maximum atomic E-state index is 11.9. The first-order chi connectivity index (χ1) is 12.7. The molecule has 0 spiro atoms. The fourth-order valence-electron chi connectivity index (χ4n) is 2.47. The number of alkyl carbamates (subject to hydrolysis) is 1. The topological polar surface area (TPSA) is 94.8 Å². The van der Waals surface area contributed by atoms with Crippen LogP contribution in [-0.2, 0) is 16.0 Å². The van der Waals surface area contributed by atoms with Gasteiger partial charge in [-0.15, -0.1) is 0 Å². The molecule has 1 heterocycles. The smallest absolute Gasteiger partial charge is 0.408 e. The maximum absolute atomic E-state index is 11.9. The van der Waals surface area contributed by atoms with Crippen LogP contribution < -0.4 is 15.7 Å². The van der Waals surface area contributed by atoms with E-state index in [4.69, 9.17) is 13.9 Å². The molecule has 0 saturated carbocycles. The van der Waals surface area contributed by atoms with Gasteiger partial charge in [-0.1, -0.05) is 13.3 Å². The number of carbonyl (C=O) groups is 2. The highest BCUT2D eigenvalue weighted by Gasteiger charge is 2.17. The molecule has 27 heavy (non-hydrogen) atoms. The molecule has 2 rings (SSSR count). The Balaban J connectivity index is 2.05. The van der Waals surface area contributed by atoms with Gasteiger partial charge in [0.1, 0.15) is 23.5 Å². The Bertz CT molecular complexity index is 878. The second kappa shape index (κ2) is 8.70. The minimum atomic E-state index is -0.704. The lowest BCUT2D eigenvalue weighted by Crippen LogP contribution is -2.36. The summed E-state index contributed by atoms with van der Waals surface area (Å²) in [4.78, 5) is 35.2. The molecule has 2 aromatic rings. The average Bonchev–Trinajstić information content (AvgIpc) is 2.56. The second-order valence-corrected chi connectivity index (χ2v) is 7.18. The molecule has 0 saturated heterocycles. The monoisotopic (exact) mass is 375 g/mol. The summed E-state index contributed by atoms with van der Waals surface area (Å²) in [7, 11) is 0. The summed E-state index contributed by atoms with van der Waals surface area (Å²) in [5.74, 6) is -0.432. The van der Waals surface area contributed by atoms with E-state index < -0.39 is 23.3 Å². The van der Waals surface area contributed by atoms with Crippen molar-refractivity contribution >= 4 is 23.0 Å². The standard InChI is InChI=1S/C20H25NO6/c1-5-6-7-13-10-17(22)26-16-11-14(8-9-15(13)16)25-18(23)12-21-19(24)27-20(2,3)4/h8-11H,5-7,12H2,1-4H3,(H,21,24). The molecule has 0 atom stereocenters. The van der Waals surface area contributed by atoms with Crippen LogP contribution in [0.4, 0.5) is 4.79 Å². The lowest BCUT2D eigenvalue weighted by Gasteiger charge is -2.19. The summed E-state index contributed by atoms with van der Waals surface area (Å²) in [6, 6.07) is 6.38. The van der Waals surface area contributed by atoms with Crippen molar-refractivity contribution in [2.45, 2.75) is 52.6 Å². The lowest BCUT2D eigenvalue weighted by atomic mass is 10.0. The molecule has 0 aliphatic carbocycles. The highest BCUT2D eigenvalue weighted by molar-refractivity contribution is 5.84. The first-order valence-corrected chi connectivity index (χ1v) is 8.92. The van der Waals surface area contributed by atoms with Gasteiger partial charge in [0.2, 0.25) is 0 Å². The van der Waals surface area contributed by atoms with Crippen molar-refractivity contribution in [3.63, 3.8) is 0 Å². The third-order valence-corrected chi connectivity index (χ3v) is 3.61. The Morgan fingerprint density at radius 3 is 2.59 bits per heavy atom. The summed E-state index contributed by atoms with van der Waals surface area (Å²) < 4.78 is 15.5. The molecule has 146 valence electrons. The van der Waals surface area contributed by atoms with E-state index in [1.165, 1.54) is 12.1 Å². The quantitative estimate of drug-likeness (QED) is 0.471. The zero-order chi connectivity index (χ0) is 20.0. The number of esters is 1. The fourth-order valence-corrected chi connectivity index (χ4v) is 2.47. The van der Waals surface area contributed by atoms with Crippen LogP contribution >= 0.6 is 0 Å². The zero-order valence-electron chi connectivity index (χ0n) is 16.1. The first-order valence-electron chi connectivity index (χ1n) is 8.92. The van der Waals surface area contributed by atoms with Crippen molar-refractivity contribution in [2.24, 2.45) is 0 Å². The number of fused-ring (bicyclic) bond motifs is 1. The van der Waals surface area contributed by atoms with Crippen molar-refractivity contribution < 1.29 is 23.5 Å². The summed E-state index contributed by atoms with van der Waals surface area (Å²) in [6.07, 6.45) is 2.05. The number of aryl methyl sites for hydroxylation is 1. The fraction of sp³-hybridized carbons (Fsp3) is 0.450. The normalized spacial score (nSPS) is 11.3. The van der Waals surface area contributed by atoms with Gasteiger partial charge in [0, 0.05) is 17.5 Å². The largest absolute Gasteiger partial charge is 0.444 e. The van der Waals surface area contributed by atoms with Gasteiger partial charge in [-0.2, -0.15) is 0 Å². The molecule has 0 bridgehead atoms. The van der Waals surface area contributed by atoms with Gasteiger partial charge in [-0.3, -0.25) is 0 Å². The van der Waals surface area contributed by atoms with Gasteiger partial charge in [-0.05, 0) is 51.3 Å². The molecule has 1 aromatic heterocycles. The summed E-state index contributed by atoms with van der Waals surface area (Å²) >= 11 is 0. The van der Waals surface area contributed by atoms with Gasteiger partial charge in [0.25, 0.3) is 0 Å². The van der Waals surface area contributed by atoms with Gasteiger partial charge in [-0.25, -0.2) is 14.4 Å². The Labute approximate surface area is 157 Å². The molecule has 7 heteroatoms. The molecule has 0 aliphatic heterocycles. The second-order valence-electron chi connectivity index (χ2n) is 7.18. The van der Waals surface area contributed by atoms with E-state index in [-0.39, 0.29) is 12.3 Å². The molecule has 1 N–H and O–H groups in total. The lowest BCUT2D eigenvalue weighted by molar-refractivity contribution is -0.133. The molecule has 0 unspecified atom stereocenters. The number of hydrogen-bond donors (Lipinski definition) is 1. The predicted molar refractivity (Wildman–Crippen MR) is 101 cm³/mol. The highest BCUT2D eigenvalue weighted by Crippen LogP contribution is 2.24. The van der Waals surface area contributed by atoms with Crippen LogP contribution in [0.15, 0.2) is 33.5 Å². The van der Waals surface area contributed by atoms with Crippen molar-refractivity contribution in [1.82, 2.24) is 5.32 Å². The number of carbonyl (C=O) groups excluding carboxylic acids is 2. The molecule has 0 aliphatic rings. The molecule has 7 nitrogen and oxygen atoms in total. The minimum Gasteiger partial charge on any atom is -0.444 e. The summed E-state index contributed by atoms with van der Waals surface area (Å²) in [5.41, 5.74) is 0.176. The van der Waals surface area contributed by atoms with E-state index in [0.717, 1.165) is 30.2 Å². The van der Waals surface area contributed by atoms with Gasteiger partial charge < -0.3 is 19.2 Å². The summed E-state index contributed by atoms with van der Waals surface area (Å²) in [6.45, 7) is 6.91. The van der Waals surface area contributed by atoms with E-state index >= 15 is 0 Å². The van der Waals surface area contributed by atoms with Crippen LogP contribution in [0.3, 0.4) is 0 Å². The van der Waals surface area contributed by atoms with Crippen LogP contribution in [0.5, 0.6) is 5.75 Å². The Kier molecular flexibility index (Phi) is 6.60. The minimum absolute atomic E-state index is 0.231. The number of unbranched alkanes of at least 4 members (excludes halogenated alkanes) is 1. The highest BCUT2D eigenvalue weighted by atomic mass is 16.6. The number of rotatable bonds is 6. The Hall–Kier alpha value is -2.83. The van der Waals surface area contributed by atoms with Gasteiger partial charge >= 0.3 is 17.7 Å². The zero-order valence-corrected chi connectivity index (χ0v) is 16.1. The van der Waals surface area contributed by atoms with Crippen molar-refractivity contribution in [2.75, 3.05) is 6.54 Å². The third kappa shape index (κ3) is 6.44. The first kappa shape index (κ1) is 20.5. The van der Waals surface area contributed by atoms with E-state index in [2.05, 4.69) is 12.2 Å². The van der Waals surface area contributed by atoms with E-state index in [1.807, 2.05) is 0 Å². The van der Waals surface area contributed by atoms with E-state index in [1.54, 1.807) is 32.9 Å². The van der Waals surface area contributed by atoms with Crippen LogP contribution in [0.1, 0.15) is 46.1 Å². The molecular weight excluding hydrogens is 350 g/mol. The van der Waals surface area contributed by atoms with Crippen molar-refractivity contribution in [3.05, 3.63) is 40.2 Å². The SMILES string of the molecule is CCCCc1cc(=O)oc2cc(OC(=O)CNC(=O)OC(C)(C)C)ccc12. The third-order valence-electron chi connectivity index (χ3n) is 3.61. The van der Waals surface area contributed by atoms with Crippen LogP contribution in [0, 0.1) is 0 Å². The number of nitrogens with one attached hydrogen (secondary N) is 1. The molecule has 0 radical (unpaired) electrons. The molecule has 1 aromatic carbocycles. The maximum Gasteiger partial charge on any atom is 0.408 e. The average molecular weight is 375 g/mol. The Morgan fingerprint density at radius 2 is 1.93 bits per heavy atom. The van der Waals surface area contributed by atoms with Crippen LogP contribution in [-0.4, -0.2) is 24.2 Å². The number of ether oxygens (including phenoxy) is 2. The molecule has 0 fully saturated rings. The van der Waals surface area contributed by atoms with E-state index in [0.29, 0.717) is 5.58 Å². The number of amides is 1. The summed E-state index contributed by atoms with van der Waals surface area (Å²) in [5, 5.41) is 3.14. The molecular formula is C20H25NO6. The Morgan fingerprint density at radius 1 is 1.19 bits per heavy atom. The van der Waals surface area contributed by atoms with Gasteiger partial charge in [0.15, 0.2) is 0 Å². The van der Waals surface area contributed by atoms with Crippen molar-refractivity contribution in [3.8, 4) is 5.75 Å². The van der Waals surface area contributed by atoms with Crippen LogP contribution in [0.25, 0.3) is 11.0 Å². The van der Waals surface area contributed by atoms with Crippen LogP contribution in [0.2, 0.25) is 0 Å². The number of hydrogen-bond acceptors (Lipinski definition) is 6. The predicted octanol–water partition coefficient (Wildman–Crippen LogP) is 3.57.